The summed E-state index contributed by atoms with van der Waals surface area (Å²) in [6.45, 7) is 0. The first-order valence-corrected chi connectivity index (χ1v) is 6.71. The van der Waals surface area contributed by atoms with Gasteiger partial charge in [0.1, 0.15) is 17.2 Å². The van der Waals surface area contributed by atoms with Crippen LogP contribution in [0.25, 0.3) is 0 Å². The summed E-state index contributed by atoms with van der Waals surface area (Å²) in [5, 5.41) is 2.61. The lowest BCUT2D eigenvalue weighted by atomic mass is 10.2. The molecule has 5 nitrogen and oxygen atoms in total. The predicted molar refractivity (Wildman–Crippen MR) is 80.6 cm³/mol. The van der Waals surface area contributed by atoms with Gasteiger partial charge in [0.05, 0.1) is 19.9 Å². The van der Waals surface area contributed by atoms with Gasteiger partial charge in [-0.25, -0.2) is 0 Å². The predicted octanol–water partition coefficient (Wildman–Crippen LogP) is 3.85. The average molecular weight is 341 g/mol. The number of anilines is 1. The number of ether oxygens (including phenoxy) is 3. The van der Waals surface area contributed by atoms with E-state index in [1.807, 2.05) is 0 Å². The van der Waals surface area contributed by atoms with Crippen molar-refractivity contribution in [3.8, 4) is 17.2 Å². The molecule has 1 N–H and O–H groups in total. The molecule has 0 saturated carbocycles. The van der Waals surface area contributed by atoms with Crippen LogP contribution in [0, 0.1) is 0 Å². The molecular formula is C16H14F3NO4. The van der Waals surface area contributed by atoms with Gasteiger partial charge in [-0.1, -0.05) is 0 Å². The van der Waals surface area contributed by atoms with Crippen molar-refractivity contribution in [2.24, 2.45) is 0 Å². The van der Waals surface area contributed by atoms with Gasteiger partial charge in [0, 0.05) is 11.6 Å². The Morgan fingerprint density at radius 2 is 1.58 bits per heavy atom. The van der Waals surface area contributed by atoms with Crippen molar-refractivity contribution in [1.82, 2.24) is 0 Å². The Balaban J connectivity index is 2.12. The summed E-state index contributed by atoms with van der Waals surface area (Å²) in [5.41, 5.74) is 0.571. The number of carbonyl (C=O) groups excluding carboxylic acids is 1. The average Bonchev–Trinajstić information content (AvgIpc) is 2.54. The summed E-state index contributed by atoms with van der Waals surface area (Å²) in [5.74, 6) is 0.0383. The van der Waals surface area contributed by atoms with Gasteiger partial charge in [-0.05, 0) is 36.4 Å². The number of hydrogen-bond acceptors (Lipinski definition) is 4. The summed E-state index contributed by atoms with van der Waals surface area (Å²) in [4.78, 5) is 12.2. The Kier molecular flexibility index (Phi) is 5.18. The third kappa shape index (κ3) is 4.55. The summed E-state index contributed by atoms with van der Waals surface area (Å²) >= 11 is 0. The highest BCUT2D eigenvalue weighted by molar-refractivity contribution is 6.05. The van der Waals surface area contributed by atoms with Crippen LogP contribution in [0.2, 0.25) is 0 Å². The zero-order valence-electron chi connectivity index (χ0n) is 12.8. The number of methoxy groups -OCH3 is 2. The van der Waals surface area contributed by atoms with Gasteiger partial charge in [-0.3, -0.25) is 4.79 Å². The number of amides is 1. The Morgan fingerprint density at radius 3 is 2.12 bits per heavy atom. The van der Waals surface area contributed by atoms with E-state index in [-0.39, 0.29) is 5.56 Å². The van der Waals surface area contributed by atoms with Gasteiger partial charge in [0.15, 0.2) is 0 Å². The van der Waals surface area contributed by atoms with E-state index in [2.05, 4.69) is 10.1 Å². The number of carbonyl (C=O) groups is 1. The lowest BCUT2D eigenvalue weighted by molar-refractivity contribution is -0.274. The highest BCUT2D eigenvalue weighted by Crippen LogP contribution is 2.29. The highest BCUT2D eigenvalue weighted by Gasteiger charge is 2.31. The molecule has 0 heterocycles. The Bertz CT molecular complexity index is 714. The number of alkyl halides is 3. The smallest absolute Gasteiger partial charge is 0.497 e. The monoisotopic (exact) mass is 341 g/mol. The summed E-state index contributed by atoms with van der Waals surface area (Å²) in [7, 11) is 2.94. The summed E-state index contributed by atoms with van der Waals surface area (Å²) in [6.07, 6.45) is -4.78. The molecule has 128 valence electrons. The zero-order chi connectivity index (χ0) is 17.7. The number of hydrogen-bond donors (Lipinski definition) is 1. The number of halogens is 3. The first-order valence-electron chi connectivity index (χ1n) is 6.71. The van der Waals surface area contributed by atoms with E-state index >= 15 is 0 Å². The highest BCUT2D eigenvalue weighted by atomic mass is 19.4. The maximum absolute atomic E-state index is 12.2. The molecule has 0 aliphatic rings. The van der Waals surface area contributed by atoms with Crippen molar-refractivity contribution in [3.63, 3.8) is 0 Å². The molecule has 8 heteroatoms. The van der Waals surface area contributed by atoms with Crippen molar-refractivity contribution in [1.29, 1.82) is 0 Å². The van der Waals surface area contributed by atoms with Crippen LogP contribution < -0.4 is 19.5 Å². The molecule has 0 saturated heterocycles. The molecule has 0 aliphatic heterocycles. The van der Waals surface area contributed by atoms with Crippen LogP contribution in [0.1, 0.15) is 10.4 Å². The minimum absolute atomic E-state index is 0.169. The zero-order valence-corrected chi connectivity index (χ0v) is 12.8. The second kappa shape index (κ2) is 7.12. The minimum atomic E-state index is -4.78. The fourth-order valence-electron chi connectivity index (χ4n) is 1.90. The lowest BCUT2D eigenvalue weighted by Gasteiger charge is -2.12. The van der Waals surface area contributed by atoms with E-state index in [0.717, 1.165) is 12.1 Å². The van der Waals surface area contributed by atoms with Gasteiger partial charge in [-0.2, -0.15) is 0 Å². The van der Waals surface area contributed by atoms with Crippen LogP contribution in [-0.4, -0.2) is 26.5 Å². The molecule has 0 radical (unpaired) electrons. The number of benzene rings is 2. The van der Waals surface area contributed by atoms with Crippen molar-refractivity contribution in [2.45, 2.75) is 6.36 Å². The quantitative estimate of drug-likeness (QED) is 0.897. The molecule has 2 aromatic carbocycles. The Hall–Kier alpha value is -2.90. The molecule has 0 unspecified atom stereocenters. The number of nitrogens with one attached hydrogen (secondary N) is 1. The van der Waals surface area contributed by atoms with Crippen molar-refractivity contribution in [2.75, 3.05) is 19.5 Å². The molecule has 0 spiro atoms. The second-order valence-corrected chi connectivity index (χ2v) is 4.59. The molecule has 0 fully saturated rings. The van der Waals surface area contributed by atoms with Gasteiger partial charge in [0.25, 0.3) is 5.91 Å². The molecule has 0 aromatic heterocycles. The third-order valence-corrected chi connectivity index (χ3v) is 3.01. The fraction of sp³-hybridized carbons (Fsp3) is 0.188. The Labute approximate surface area is 135 Å². The SMILES string of the molecule is COc1ccc(NC(=O)c2ccc(OC(F)(F)F)cc2)c(OC)c1. The molecule has 2 rings (SSSR count). The first-order chi connectivity index (χ1) is 11.3. The molecule has 0 atom stereocenters. The number of rotatable bonds is 5. The minimum Gasteiger partial charge on any atom is -0.497 e. The van der Waals surface area contributed by atoms with Crippen LogP contribution in [0.3, 0.4) is 0 Å². The second-order valence-electron chi connectivity index (χ2n) is 4.59. The largest absolute Gasteiger partial charge is 0.573 e. The van der Waals surface area contributed by atoms with Crippen LogP contribution in [0.15, 0.2) is 42.5 Å². The van der Waals surface area contributed by atoms with Crippen LogP contribution in [-0.2, 0) is 0 Å². The van der Waals surface area contributed by atoms with Crippen molar-refractivity contribution >= 4 is 11.6 Å². The van der Waals surface area contributed by atoms with E-state index in [9.17, 15) is 18.0 Å². The summed E-state index contributed by atoms with van der Waals surface area (Å²) in [6, 6.07) is 9.41. The molecule has 1 amide bonds. The van der Waals surface area contributed by atoms with E-state index in [1.54, 1.807) is 18.2 Å². The van der Waals surface area contributed by atoms with Crippen LogP contribution >= 0.6 is 0 Å². The van der Waals surface area contributed by atoms with E-state index in [4.69, 9.17) is 9.47 Å². The normalized spacial score (nSPS) is 10.9. The van der Waals surface area contributed by atoms with Gasteiger partial charge in [-0.15, -0.1) is 13.2 Å². The van der Waals surface area contributed by atoms with Gasteiger partial charge < -0.3 is 19.5 Å². The van der Waals surface area contributed by atoms with Crippen molar-refractivity contribution in [3.05, 3.63) is 48.0 Å². The Morgan fingerprint density at radius 1 is 0.958 bits per heavy atom. The lowest BCUT2D eigenvalue weighted by Crippen LogP contribution is -2.17. The molecule has 0 aliphatic carbocycles. The fourth-order valence-corrected chi connectivity index (χ4v) is 1.90. The molecule has 0 bridgehead atoms. The van der Waals surface area contributed by atoms with Crippen LogP contribution in [0.4, 0.5) is 18.9 Å². The van der Waals surface area contributed by atoms with Gasteiger partial charge in [0.2, 0.25) is 0 Å². The van der Waals surface area contributed by atoms with Crippen molar-refractivity contribution < 1.29 is 32.2 Å². The molecular weight excluding hydrogens is 327 g/mol. The van der Waals surface area contributed by atoms with E-state index < -0.39 is 18.0 Å². The maximum Gasteiger partial charge on any atom is 0.573 e. The van der Waals surface area contributed by atoms with E-state index in [0.29, 0.717) is 17.2 Å². The molecule has 24 heavy (non-hydrogen) atoms. The van der Waals surface area contributed by atoms with Gasteiger partial charge >= 0.3 is 6.36 Å². The topological polar surface area (TPSA) is 56.8 Å². The van der Waals surface area contributed by atoms with E-state index in [1.165, 1.54) is 26.4 Å². The first kappa shape index (κ1) is 17.5. The summed E-state index contributed by atoms with van der Waals surface area (Å²) < 4.78 is 50.3. The van der Waals surface area contributed by atoms with Crippen LogP contribution in [0.5, 0.6) is 17.2 Å². The molecule has 2 aromatic rings. The third-order valence-electron chi connectivity index (χ3n) is 3.01. The standard InChI is InChI=1S/C16H14F3NO4/c1-22-12-7-8-13(14(9-12)23-2)20-15(21)10-3-5-11(6-4-10)24-16(17,18)19/h3-9H,1-2H3,(H,20,21). The maximum atomic E-state index is 12.2.